The number of nitrogens with one attached hydrogen (secondary N) is 2. The summed E-state index contributed by atoms with van der Waals surface area (Å²) in [7, 11) is 1.56. The Balaban J connectivity index is 1.60. The Morgan fingerprint density at radius 2 is 1.88 bits per heavy atom. The Morgan fingerprint density at radius 1 is 1.09 bits per heavy atom. The molecule has 0 bridgehead atoms. The lowest BCUT2D eigenvalue weighted by Gasteiger charge is -2.23. The van der Waals surface area contributed by atoms with Crippen molar-refractivity contribution in [2.75, 3.05) is 19.0 Å². The molecule has 0 unspecified atom stereocenters. The molecular formula is C25H22F2N4O3. The number of urea groups is 1. The summed E-state index contributed by atoms with van der Waals surface area (Å²) in [4.78, 5) is 33.6. The van der Waals surface area contributed by atoms with Gasteiger partial charge in [-0.3, -0.25) is 4.79 Å². The van der Waals surface area contributed by atoms with E-state index in [2.05, 4.69) is 15.3 Å². The number of aromatic amines is 1. The molecule has 0 fully saturated rings. The fraction of sp³-hybridized carbons (Fsp3) is 0.160. The summed E-state index contributed by atoms with van der Waals surface area (Å²) in [6.07, 6.45) is 1.65. The van der Waals surface area contributed by atoms with Gasteiger partial charge in [-0.15, -0.1) is 0 Å². The van der Waals surface area contributed by atoms with Crippen LogP contribution >= 0.6 is 0 Å². The number of nitrogens with zero attached hydrogens (tertiary/aromatic N) is 2. The lowest BCUT2D eigenvalue weighted by atomic mass is 10.1. The van der Waals surface area contributed by atoms with E-state index in [1.54, 1.807) is 43.5 Å². The largest absolute Gasteiger partial charge is 0.497 e. The first-order valence-electron chi connectivity index (χ1n) is 10.5. The van der Waals surface area contributed by atoms with Gasteiger partial charge in [0, 0.05) is 23.0 Å². The average Bonchev–Trinajstić information content (AvgIpc) is 2.84. The summed E-state index contributed by atoms with van der Waals surface area (Å²) in [6.45, 7) is 0.270. The van der Waals surface area contributed by atoms with Crippen molar-refractivity contribution >= 4 is 22.6 Å². The Bertz CT molecular complexity index is 1360. The average molecular weight is 464 g/mol. The zero-order valence-corrected chi connectivity index (χ0v) is 18.3. The molecular weight excluding hydrogens is 442 g/mol. The molecule has 4 aromatic rings. The van der Waals surface area contributed by atoms with Gasteiger partial charge in [-0.05, 0) is 60.5 Å². The van der Waals surface area contributed by atoms with Crippen LogP contribution in [0.15, 0.2) is 71.7 Å². The van der Waals surface area contributed by atoms with E-state index in [0.29, 0.717) is 28.9 Å². The number of ether oxygens (including phenoxy) is 1. The van der Waals surface area contributed by atoms with E-state index in [1.165, 1.54) is 29.3 Å². The number of halogens is 2. The molecule has 174 valence electrons. The number of hydrogen-bond donors (Lipinski definition) is 2. The van der Waals surface area contributed by atoms with E-state index in [0.717, 1.165) is 17.0 Å². The van der Waals surface area contributed by atoms with Gasteiger partial charge in [-0.25, -0.2) is 14.2 Å². The molecule has 2 N–H and O–H groups in total. The number of fused-ring (bicyclic) bond motifs is 1. The van der Waals surface area contributed by atoms with E-state index in [1.807, 2.05) is 0 Å². The van der Waals surface area contributed by atoms with Gasteiger partial charge in [0.25, 0.3) is 5.56 Å². The maximum absolute atomic E-state index is 13.2. The van der Waals surface area contributed by atoms with Crippen LogP contribution in [0.4, 0.5) is 19.3 Å². The second-order valence-electron chi connectivity index (χ2n) is 7.67. The fourth-order valence-electron chi connectivity index (χ4n) is 3.50. The Labute approximate surface area is 194 Å². The number of rotatable bonds is 7. The highest BCUT2D eigenvalue weighted by Gasteiger charge is 2.17. The van der Waals surface area contributed by atoms with Crippen molar-refractivity contribution in [3.63, 3.8) is 0 Å². The Hall–Kier alpha value is -4.27. The van der Waals surface area contributed by atoms with Gasteiger partial charge in [0.15, 0.2) is 0 Å². The summed E-state index contributed by atoms with van der Waals surface area (Å²) < 4.78 is 31.6. The third-order valence-corrected chi connectivity index (χ3v) is 5.34. The van der Waals surface area contributed by atoms with Crippen molar-refractivity contribution in [3.05, 3.63) is 100 Å². The summed E-state index contributed by atoms with van der Waals surface area (Å²) >= 11 is 0. The van der Waals surface area contributed by atoms with E-state index in [-0.39, 0.29) is 24.5 Å². The van der Waals surface area contributed by atoms with Crippen LogP contribution in [0.25, 0.3) is 10.9 Å². The Morgan fingerprint density at radius 3 is 2.59 bits per heavy atom. The molecule has 7 nitrogen and oxygen atoms in total. The number of anilines is 1. The number of carbonyl (C=O) groups is 1. The van der Waals surface area contributed by atoms with Crippen LogP contribution in [0, 0.1) is 11.8 Å². The van der Waals surface area contributed by atoms with Crippen LogP contribution in [-0.4, -0.2) is 34.6 Å². The number of H-pyrrole nitrogens is 1. The van der Waals surface area contributed by atoms with Gasteiger partial charge >= 0.3 is 6.03 Å². The highest BCUT2D eigenvalue weighted by atomic mass is 19.1. The van der Waals surface area contributed by atoms with Gasteiger partial charge in [0.2, 0.25) is 5.95 Å². The molecule has 9 heteroatoms. The first kappa shape index (κ1) is 22.9. The van der Waals surface area contributed by atoms with Crippen molar-refractivity contribution in [1.82, 2.24) is 14.9 Å². The van der Waals surface area contributed by atoms with Gasteiger partial charge in [-0.2, -0.15) is 4.39 Å². The Kier molecular flexibility index (Phi) is 6.82. The van der Waals surface area contributed by atoms with Gasteiger partial charge < -0.3 is 19.9 Å². The maximum atomic E-state index is 13.2. The first-order chi connectivity index (χ1) is 16.4. The molecule has 0 spiro atoms. The number of pyridine rings is 2. The van der Waals surface area contributed by atoms with Crippen molar-refractivity contribution in [1.29, 1.82) is 0 Å². The number of benzene rings is 2. The quantitative estimate of drug-likeness (QED) is 0.395. The van der Waals surface area contributed by atoms with Crippen LogP contribution in [0.5, 0.6) is 5.75 Å². The van der Waals surface area contributed by atoms with Crippen LogP contribution in [0.3, 0.4) is 0 Å². The van der Waals surface area contributed by atoms with Crippen LogP contribution in [0.2, 0.25) is 0 Å². The maximum Gasteiger partial charge on any atom is 0.322 e. The molecule has 0 aliphatic carbocycles. The lowest BCUT2D eigenvalue weighted by Crippen LogP contribution is -2.37. The summed E-state index contributed by atoms with van der Waals surface area (Å²) in [5.41, 5.74) is 1.86. The summed E-state index contributed by atoms with van der Waals surface area (Å²) in [6, 6.07) is 15.0. The molecule has 0 atom stereocenters. The molecule has 2 aromatic heterocycles. The molecule has 2 amide bonds. The second-order valence-corrected chi connectivity index (χ2v) is 7.67. The number of methoxy groups -OCH3 is 1. The van der Waals surface area contributed by atoms with E-state index >= 15 is 0 Å². The van der Waals surface area contributed by atoms with Gasteiger partial charge in [-0.1, -0.05) is 12.1 Å². The van der Waals surface area contributed by atoms with Crippen LogP contribution < -0.4 is 15.6 Å². The normalized spacial score (nSPS) is 10.8. The smallest absolute Gasteiger partial charge is 0.322 e. The second kappa shape index (κ2) is 10.1. The highest BCUT2D eigenvalue weighted by molar-refractivity contribution is 5.89. The van der Waals surface area contributed by atoms with Crippen molar-refractivity contribution < 1.29 is 18.3 Å². The molecule has 0 saturated heterocycles. The third-order valence-electron chi connectivity index (χ3n) is 5.34. The van der Waals surface area contributed by atoms with Gasteiger partial charge in [0.1, 0.15) is 11.6 Å². The lowest BCUT2D eigenvalue weighted by molar-refractivity contribution is 0.209. The van der Waals surface area contributed by atoms with Crippen molar-refractivity contribution in [2.24, 2.45) is 0 Å². The molecule has 0 radical (unpaired) electrons. The third kappa shape index (κ3) is 5.55. The first-order valence-corrected chi connectivity index (χ1v) is 10.5. The molecule has 0 saturated carbocycles. The van der Waals surface area contributed by atoms with Gasteiger partial charge in [0.05, 0.1) is 25.5 Å². The van der Waals surface area contributed by atoms with E-state index in [9.17, 15) is 18.4 Å². The predicted octanol–water partition coefficient (Wildman–Crippen LogP) is 4.49. The minimum atomic E-state index is -0.663. The van der Waals surface area contributed by atoms with Crippen LogP contribution in [0.1, 0.15) is 11.1 Å². The van der Waals surface area contributed by atoms with E-state index < -0.39 is 12.0 Å². The molecule has 34 heavy (non-hydrogen) atoms. The molecule has 2 aromatic carbocycles. The van der Waals surface area contributed by atoms with Crippen molar-refractivity contribution in [2.45, 2.75) is 13.0 Å². The minimum absolute atomic E-state index is 0.0180. The zero-order chi connectivity index (χ0) is 24.1. The number of carbonyl (C=O) groups excluding carboxylic acids is 1. The molecule has 0 aliphatic rings. The van der Waals surface area contributed by atoms with Crippen LogP contribution in [-0.2, 0) is 13.0 Å². The topological polar surface area (TPSA) is 87.3 Å². The zero-order valence-electron chi connectivity index (χ0n) is 18.3. The number of aromatic nitrogens is 2. The standard InChI is InChI=1S/C25H22F2N4O3/c1-34-21-7-8-22-17(13-21)12-18(24(32)30-22)15-31(11-10-16-2-4-19(26)5-3-16)25(33)29-20-6-9-23(27)28-14-20/h2-9,12-14H,10-11,15H2,1H3,(H,29,33)(H,30,32). The van der Waals surface area contributed by atoms with E-state index in [4.69, 9.17) is 4.74 Å². The molecule has 2 heterocycles. The predicted molar refractivity (Wildman–Crippen MR) is 125 cm³/mol. The summed E-state index contributed by atoms with van der Waals surface area (Å²) in [5, 5.41) is 3.44. The highest BCUT2D eigenvalue weighted by Crippen LogP contribution is 2.19. The van der Waals surface area contributed by atoms with Crippen molar-refractivity contribution in [3.8, 4) is 5.75 Å². The SMILES string of the molecule is COc1ccc2[nH]c(=O)c(CN(CCc3ccc(F)cc3)C(=O)Nc3ccc(F)nc3)cc2c1. The number of amides is 2. The summed E-state index contributed by atoms with van der Waals surface area (Å²) in [5.74, 6) is -0.371. The molecule has 4 rings (SSSR count). The minimum Gasteiger partial charge on any atom is -0.497 e. The monoisotopic (exact) mass is 464 g/mol. The number of hydrogen-bond acceptors (Lipinski definition) is 4. The molecule has 0 aliphatic heterocycles. The fourth-order valence-corrected chi connectivity index (χ4v) is 3.50.